The predicted molar refractivity (Wildman–Crippen MR) is 139 cm³/mol. The molecular formula is C27H58O6. The van der Waals surface area contributed by atoms with Crippen LogP contribution in [-0.4, -0.2) is 58.9 Å². The van der Waals surface area contributed by atoms with E-state index < -0.39 is 12.1 Å². The first-order valence-corrected chi connectivity index (χ1v) is 13.7. The Labute approximate surface area is 205 Å². The van der Waals surface area contributed by atoms with E-state index in [9.17, 15) is 4.79 Å². The SMILES string of the molecule is CCCCCCCCCCCCCCCC(=O)O.CCCCCOCC(O)CO.CCCO. The highest BCUT2D eigenvalue weighted by molar-refractivity contribution is 5.66. The number of aliphatic carboxylic acids is 1. The van der Waals surface area contributed by atoms with Crippen molar-refractivity contribution in [1.29, 1.82) is 0 Å². The minimum absolute atomic E-state index is 0.215. The first-order chi connectivity index (χ1) is 16.0. The Hall–Kier alpha value is -0.690. The number of hydrogen-bond acceptors (Lipinski definition) is 5. The topological polar surface area (TPSA) is 107 Å². The zero-order chi connectivity index (χ0) is 25.4. The van der Waals surface area contributed by atoms with Crippen molar-refractivity contribution < 1.29 is 30.0 Å². The standard InChI is InChI=1S/C16H32O2.C8H18O3.C3H8O/c1-2-3-4-5-6-7-8-9-10-11-12-13-14-15-16(17)18;1-2-3-4-5-11-7-8(10)6-9;1-2-3-4/h2-15H2,1H3,(H,17,18);8-10H,2-7H2,1H3;4H,2-3H2,1H3. The van der Waals surface area contributed by atoms with Crippen LogP contribution in [0.2, 0.25) is 0 Å². The lowest BCUT2D eigenvalue weighted by Gasteiger charge is -2.07. The van der Waals surface area contributed by atoms with Gasteiger partial charge >= 0.3 is 5.97 Å². The summed E-state index contributed by atoms with van der Waals surface area (Å²) in [7, 11) is 0. The van der Waals surface area contributed by atoms with E-state index in [0.29, 0.717) is 19.6 Å². The van der Waals surface area contributed by atoms with Crippen LogP contribution >= 0.6 is 0 Å². The van der Waals surface area contributed by atoms with Gasteiger partial charge in [-0.1, -0.05) is 111 Å². The molecule has 0 saturated carbocycles. The molecule has 0 aliphatic rings. The number of carboxylic acids is 1. The molecule has 0 aliphatic heterocycles. The van der Waals surface area contributed by atoms with Crippen LogP contribution < -0.4 is 0 Å². The number of carbonyl (C=O) groups is 1. The summed E-state index contributed by atoms with van der Waals surface area (Å²) in [5, 5.41) is 33.6. The number of aliphatic hydroxyl groups excluding tert-OH is 3. The van der Waals surface area contributed by atoms with Crippen LogP contribution in [0.5, 0.6) is 0 Å². The van der Waals surface area contributed by atoms with Gasteiger partial charge in [0, 0.05) is 19.6 Å². The van der Waals surface area contributed by atoms with E-state index in [1.807, 2.05) is 6.92 Å². The van der Waals surface area contributed by atoms with Crippen LogP contribution in [0.15, 0.2) is 0 Å². The largest absolute Gasteiger partial charge is 0.481 e. The highest BCUT2D eigenvalue weighted by Crippen LogP contribution is 2.12. The second kappa shape index (κ2) is 35.9. The van der Waals surface area contributed by atoms with E-state index in [1.165, 1.54) is 77.0 Å². The van der Waals surface area contributed by atoms with Crippen molar-refractivity contribution >= 4 is 5.97 Å². The van der Waals surface area contributed by atoms with Crippen molar-refractivity contribution in [2.24, 2.45) is 0 Å². The third-order valence-electron chi connectivity index (χ3n) is 5.13. The molecule has 0 heterocycles. The highest BCUT2D eigenvalue weighted by atomic mass is 16.5. The Morgan fingerprint density at radius 3 is 1.42 bits per heavy atom. The van der Waals surface area contributed by atoms with Gasteiger partial charge in [0.25, 0.3) is 0 Å². The van der Waals surface area contributed by atoms with Gasteiger partial charge in [0.15, 0.2) is 0 Å². The van der Waals surface area contributed by atoms with Gasteiger partial charge in [0.1, 0.15) is 6.10 Å². The number of ether oxygens (including phenoxy) is 1. The maximum absolute atomic E-state index is 10.3. The summed E-state index contributed by atoms with van der Waals surface area (Å²) in [6.07, 6.45) is 20.8. The molecule has 202 valence electrons. The zero-order valence-corrected chi connectivity index (χ0v) is 22.2. The van der Waals surface area contributed by atoms with Crippen LogP contribution in [0.4, 0.5) is 0 Å². The quantitative estimate of drug-likeness (QED) is 0.133. The Kier molecular flexibility index (Phi) is 40.1. The van der Waals surface area contributed by atoms with Crippen molar-refractivity contribution in [3.8, 4) is 0 Å². The minimum atomic E-state index is -0.711. The summed E-state index contributed by atoms with van der Waals surface area (Å²) < 4.78 is 5.08. The lowest BCUT2D eigenvalue weighted by atomic mass is 10.0. The molecule has 6 heteroatoms. The molecule has 0 spiro atoms. The summed E-state index contributed by atoms with van der Waals surface area (Å²) in [6, 6.07) is 0. The molecule has 1 unspecified atom stereocenters. The number of carboxylic acid groups (broad SMARTS) is 1. The second-order valence-electron chi connectivity index (χ2n) is 8.73. The van der Waals surface area contributed by atoms with Gasteiger partial charge in [-0.3, -0.25) is 4.79 Å². The molecule has 0 aromatic carbocycles. The first kappa shape index (κ1) is 36.9. The lowest BCUT2D eigenvalue weighted by molar-refractivity contribution is -0.137. The zero-order valence-electron chi connectivity index (χ0n) is 22.2. The van der Waals surface area contributed by atoms with Crippen molar-refractivity contribution in [2.45, 2.75) is 142 Å². The summed E-state index contributed by atoms with van der Waals surface area (Å²) in [6.45, 7) is 7.36. The van der Waals surface area contributed by atoms with Crippen LogP contribution in [0.25, 0.3) is 0 Å². The molecule has 0 radical (unpaired) electrons. The van der Waals surface area contributed by atoms with Crippen molar-refractivity contribution in [3.05, 3.63) is 0 Å². The van der Waals surface area contributed by atoms with Crippen molar-refractivity contribution in [2.75, 3.05) is 26.4 Å². The van der Waals surface area contributed by atoms with Crippen molar-refractivity contribution in [1.82, 2.24) is 0 Å². The van der Waals surface area contributed by atoms with Gasteiger partial charge in [0.2, 0.25) is 0 Å². The molecule has 1 atom stereocenters. The molecule has 0 bridgehead atoms. The molecule has 0 saturated heterocycles. The Morgan fingerprint density at radius 1 is 0.667 bits per heavy atom. The third-order valence-corrected chi connectivity index (χ3v) is 5.13. The molecule has 0 fully saturated rings. The third kappa shape index (κ3) is 45.5. The molecule has 6 nitrogen and oxygen atoms in total. The van der Waals surface area contributed by atoms with E-state index in [2.05, 4.69) is 13.8 Å². The molecule has 33 heavy (non-hydrogen) atoms. The van der Waals surface area contributed by atoms with E-state index in [-0.39, 0.29) is 13.2 Å². The fourth-order valence-electron chi connectivity index (χ4n) is 3.02. The molecule has 0 aliphatic carbocycles. The number of aliphatic hydroxyl groups is 3. The Balaban J connectivity index is -0.000000507. The van der Waals surface area contributed by atoms with E-state index >= 15 is 0 Å². The fourth-order valence-corrected chi connectivity index (χ4v) is 3.02. The number of unbranched alkanes of at least 4 members (excludes halogenated alkanes) is 14. The van der Waals surface area contributed by atoms with Crippen LogP contribution in [0, 0.1) is 0 Å². The smallest absolute Gasteiger partial charge is 0.303 e. The van der Waals surface area contributed by atoms with Crippen LogP contribution in [0.1, 0.15) is 136 Å². The molecule has 0 amide bonds. The summed E-state index contributed by atoms with van der Waals surface area (Å²) >= 11 is 0. The average Bonchev–Trinajstić information content (AvgIpc) is 2.82. The fraction of sp³-hybridized carbons (Fsp3) is 0.963. The summed E-state index contributed by atoms with van der Waals surface area (Å²) in [5.41, 5.74) is 0. The Morgan fingerprint density at radius 2 is 1.06 bits per heavy atom. The number of hydrogen-bond donors (Lipinski definition) is 4. The second-order valence-corrected chi connectivity index (χ2v) is 8.73. The maximum atomic E-state index is 10.3. The average molecular weight is 479 g/mol. The van der Waals surface area contributed by atoms with Crippen LogP contribution in [0.3, 0.4) is 0 Å². The van der Waals surface area contributed by atoms with Crippen LogP contribution in [-0.2, 0) is 9.53 Å². The summed E-state index contributed by atoms with van der Waals surface area (Å²) in [4.78, 5) is 10.3. The van der Waals surface area contributed by atoms with Gasteiger partial charge in [-0.25, -0.2) is 0 Å². The van der Waals surface area contributed by atoms with E-state index in [0.717, 1.165) is 32.1 Å². The maximum Gasteiger partial charge on any atom is 0.303 e. The van der Waals surface area contributed by atoms with Gasteiger partial charge in [-0.2, -0.15) is 0 Å². The molecule has 4 N–H and O–H groups in total. The normalized spacial score (nSPS) is 11.2. The van der Waals surface area contributed by atoms with E-state index in [1.54, 1.807) is 0 Å². The lowest BCUT2D eigenvalue weighted by Crippen LogP contribution is -2.19. The molecule has 0 aromatic rings. The molecular weight excluding hydrogens is 420 g/mol. The van der Waals surface area contributed by atoms with Gasteiger partial charge in [-0.05, 0) is 19.3 Å². The number of rotatable bonds is 22. The molecule has 0 rings (SSSR count). The first-order valence-electron chi connectivity index (χ1n) is 13.7. The highest BCUT2D eigenvalue weighted by Gasteiger charge is 2.00. The van der Waals surface area contributed by atoms with Crippen molar-refractivity contribution in [3.63, 3.8) is 0 Å². The summed E-state index contributed by atoms with van der Waals surface area (Å²) in [5.74, 6) is -0.655. The van der Waals surface area contributed by atoms with Gasteiger partial charge in [0.05, 0.1) is 13.2 Å². The predicted octanol–water partition coefficient (Wildman–Crippen LogP) is 6.49. The van der Waals surface area contributed by atoms with Gasteiger partial charge < -0.3 is 25.2 Å². The Bertz CT molecular complexity index is 337. The minimum Gasteiger partial charge on any atom is -0.481 e. The van der Waals surface area contributed by atoms with E-state index in [4.69, 9.17) is 25.2 Å². The van der Waals surface area contributed by atoms with Gasteiger partial charge in [-0.15, -0.1) is 0 Å². The molecule has 0 aromatic heterocycles. The monoisotopic (exact) mass is 478 g/mol.